The van der Waals surface area contributed by atoms with Gasteiger partial charge in [0.1, 0.15) is 0 Å². The van der Waals surface area contributed by atoms with Gasteiger partial charge in [0.15, 0.2) is 0 Å². The van der Waals surface area contributed by atoms with Gasteiger partial charge in [0.05, 0.1) is 61.0 Å². The van der Waals surface area contributed by atoms with E-state index in [4.69, 9.17) is 47.4 Å². The molecule has 0 amide bonds. The van der Waals surface area contributed by atoms with Crippen molar-refractivity contribution in [2.75, 3.05) is 71.1 Å². The maximum atomic E-state index is 6.31. The van der Waals surface area contributed by atoms with Crippen molar-refractivity contribution in [1.82, 2.24) is 0 Å². The monoisotopic (exact) mass is 841 g/mol. The highest BCUT2D eigenvalue weighted by Gasteiger charge is 2.42. The summed E-state index contributed by atoms with van der Waals surface area (Å²) in [6.07, 6.45) is 32.2. The molecule has 0 aliphatic heterocycles. The number of fused-ring (bicyclic) bond motifs is 4. The van der Waals surface area contributed by atoms with Crippen LogP contribution in [0.25, 0.3) is 0 Å². The van der Waals surface area contributed by atoms with Crippen LogP contribution >= 0.6 is 0 Å². The van der Waals surface area contributed by atoms with Crippen molar-refractivity contribution < 1.29 is 47.4 Å². The van der Waals surface area contributed by atoms with Crippen LogP contribution in [0.2, 0.25) is 0 Å². The third-order valence-corrected chi connectivity index (χ3v) is 15.8. The van der Waals surface area contributed by atoms with Crippen molar-refractivity contribution >= 4 is 0 Å². The summed E-state index contributed by atoms with van der Waals surface area (Å²) in [5, 5.41) is 0. The summed E-state index contributed by atoms with van der Waals surface area (Å²) >= 11 is 0. The second kappa shape index (κ2) is 23.3. The Balaban J connectivity index is 1.34. The Hall–Kier alpha value is -1.70. The zero-order chi connectivity index (χ0) is 42.8. The third-order valence-electron chi connectivity index (χ3n) is 15.8. The number of hydrogen-bond acceptors (Lipinski definition) is 10. The normalized spacial score (nSPS) is 46.2. The molecule has 0 N–H and O–H groups in total. The maximum Gasteiger partial charge on any atom is 0.0787 e. The van der Waals surface area contributed by atoms with E-state index in [0.29, 0.717) is 0 Å². The molecule has 19 atom stereocenters. The highest BCUT2D eigenvalue weighted by atomic mass is 16.5. The Kier molecular flexibility index (Phi) is 18.5. The smallest absolute Gasteiger partial charge is 0.0787 e. The van der Waals surface area contributed by atoms with E-state index < -0.39 is 0 Å². The van der Waals surface area contributed by atoms with E-state index >= 15 is 0 Å². The van der Waals surface area contributed by atoms with Gasteiger partial charge in [-0.05, 0) is 76.2 Å². The minimum atomic E-state index is -0.00819. The van der Waals surface area contributed by atoms with Crippen molar-refractivity contribution in [1.29, 1.82) is 0 Å². The first-order valence-electron chi connectivity index (χ1n) is 23.0. The van der Waals surface area contributed by atoms with Gasteiger partial charge in [-0.2, -0.15) is 0 Å². The Labute approximate surface area is 362 Å². The Morgan fingerprint density at radius 3 is 0.767 bits per heavy atom. The zero-order valence-electron chi connectivity index (χ0n) is 38.5. The summed E-state index contributed by atoms with van der Waals surface area (Å²) in [5.74, 6) is 2.08. The highest BCUT2D eigenvalue weighted by Crippen LogP contribution is 2.43. The fraction of sp³-hybridized carbons (Fsp3) is 0.800. The third kappa shape index (κ3) is 11.3. The van der Waals surface area contributed by atoms with Crippen molar-refractivity contribution in [2.45, 2.75) is 132 Å². The molecule has 10 nitrogen and oxygen atoms in total. The first kappa shape index (κ1) is 47.8. The van der Waals surface area contributed by atoms with E-state index in [1.165, 1.54) is 5.57 Å². The molecule has 0 aromatic heterocycles. The molecule has 10 rings (SSSR count). The van der Waals surface area contributed by atoms with Gasteiger partial charge in [-0.1, -0.05) is 54.7 Å². The van der Waals surface area contributed by atoms with Crippen molar-refractivity contribution in [3.8, 4) is 0 Å². The molecule has 5 fully saturated rings. The van der Waals surface area contributed by atoms with Crippen molar-refractivity contribution in [3.63, 3.8) is 0 Å². The van der Waals surface area contributed by atoms with E-state index in [2.05, 4.69) is 54.7 Å². The average molecular weight is 841 g/mol. The lowest BCUT2D eigenvalue weighted by Crippen LogP contribution is -2.41. The lowest BCUT2D eigenvalue weighted by atomic mass is 9.73. The fourth-order valence-corrected chi connectivity index (χ4v) is 12.1. The largest absolute Gasteiger partial charge is 0.381 e. The molecule has 10 aliphatic carbocycles. The van der Waals surface area contributed by atoms with Crippen LogP contribution in [0.3, 0.4) is 0 Å². The molecule has 10 heteroatoms. The summed E-state index contributed by atoms with van der Waals surface area (Å²) in [6.45, 7) is 0. The minimum absolute atomic E-state index is 0.00819. The molecule has 0 heterocycles. The lowest BCUT2D eigenvalue weighted by molar-refractivity contribution is -0.0494. The SMILES string of the molecule is COC1CC2/C=C\[C@@H]3CC(OC)[C@@H](/C=C\[C@H]4CC(OC)[C@@H](/C=C\[C@@H]5CC(OC)[C@@H](/C=C\[C@H]6CC(OC)[C@@H](C=C1CCC2OC)CC6OC)CC5OC)CC4OC)CC3OC. The molecule has 0 aromatic carbocycles. The molecule has 60 heavy (non-hydrogen) atoms. The van der Waals surface area contributed by atoms with E-state index in [0.717, 1.165) is 70.6 Å². The minimum Gasteiger partial charge on any atom is -0.381 e. The van der Waals surface area contributed by atoms with Crippen LogP contribution in [0.15, 0.2) is 60.3 Å². The molecule has 0 radical (unpaired) electrons. The number of hydrogen-bond donors (Lipinski definition) is 0. The van der Waals surface area contributed by atoms with Crippen LogP contribution in [0.4, 0.5) is 0 Å². The van der Waals surface area contributed by atoms with Crippen LogP contribution in [-0.4, -0.2) is 132 Å². The summed E-state index contributed by atoms with van der Waals surface area (Å²) in [4.78, 5) is 0. The quantitative estimate of drug-likeness (QED) is 0.201. The van der Waals surface area contributed by atoms with Gasteiger partial charge in [-0.15, -0.1) is 0 Å². The summed E-state index contributed by atoms with van der Waals surface area (Å²) in [6, 6.07) is 0. The maximum absolute atomic E-state index is 6.31. The Morgan fingerprint density at radius 2 is 0.517 bits per heavy atom. The van der Waals surface area contributed by atoms with Crippen LogP contribution in [0.5, 0.6) is 0 Å². The number of rotatable bonds is 10. The summed E-state index contributed by atoms with van der Waals surface area (Å²) in [5.41, 5.74) is 1.34. The van der Waals surface area contributed by atoms with Gasteiger partial charge in [-0.3, -0.25) is 0 Å². The molecule has 10 bridgehead atoms. The second-order valence-electron chi connectivity index (χ2n) is 18.6. The van der Waals surface area contributed by atoms with Crippen LogP contribution in [0, 0.1) is 53.3 Å². The van der Waals surface area contributed by atoms with Crippen LogP contribution < -0.4 is 0 Å². The van der Waals surface area contributed by atoms with Gasteiger partial charge in [-0.25, -0.2) is 0 Å². The molecule has 10 aliphatic rings. The lowest BCUT2D eigenvalue weighted by Gasteiger charge is -2.41. The highest BCUT2D eigenvalue weighted by molar-refractivity contribution is 5.19. The van der Waals surface area contributed by atoms with Gasteiger partial charge in [0.2, 0.25) is 0 Å². The topological polar surface area (TPSA) is 92.3 Å². The molecular weight excluding hydrogens is 761 g/mol. The zero-order valence-corrected chi connectivity index (χ0v) is 38.5. The van der Waals surface area contributed by atoms with Gasteiger partial charge in [0, 0.05) is 124 Å². The predicted octanol–water partition coefficient (Wildman–Crippen LogP) is 8.21. The Bertz CT molecular complexity index is 1440. The van der Waals surface area contributed by atoms with E-state index in [1.807, 2.05) is 71.1 Å². The Morgan fingerprint density at radius 1 is 0.283 bits per heavy atom. The van der Waals surface area contributed by atoms with Crippen LogP contribution in [-0.2, 0) is 47.4 Å². The first-order chi connectivity index (χ1) is 29.2. The second-order valence-corrected chi connectivity index (χ2v) is 18.6. The molecule has 0 saturated heterocycles. The van der Waals surface area contributed by atoms with Crippen LogP contribution in [0.1, 0.15) is 70.6 Å². The predicted molar refractivity (Wildman–Crippen MR) is 235 cm³/mol. The molecular formula is C50H80O10. The van der Waals surface area contributed by atoms with Gasteiger partial charge < -0.3 is 47.4 Å². The standard InChI is InChI=1S/C50H80O10/c1-51-41-20-19-31-21-40-30-49(59-9)39(29-50(40)60-10)18-17-38-28-47(57-7)37(27-48(38)58-8)16-15-36-26-45(55-5)35(25-46(36)56-6)14-13-34-24-43(53-3)33(23-44(34)54-4)12-11-32(41)22-42(31)52-2/h11-18,21,32-50H,19-20,22-30H2,1-10H3/b12-11-,14-13-,16-15-,18-17-,31-21?/t32?,33-,34+,35+,36+,37-,38+,39+,40+,41?,42?,43?,44?,45?,46?,47?,48?,49?,50?/m1/s1. The van der Waals surface area contributed by atoms with Gasteiger partial charge in [0.25, 0.3) is 0 Å². The molecule has 0 aromatic rings. The first-order valence-corrected chi connectivity index (χ1v) is 23.0. The molecule has 11 unspecified atom stereocenters. The fourth-order valence-electron chi connectivity index (χ4n) is 12.1. The average Bonchev–Trinajstić information content (AvgIpc) is 3.45. The summed E-state index contributed by atoms with van der Waals surface area (Å²) in [7, 11) is 18.5. The summed E-state index contributed by atoms with van der Waals surface area (Å²) < 4.78 is 62.4. The molecule has 5 saturated carbocycles. The molecule has 0 spiro atoms. The molecule has 340 valence electrons. The van der Waals surface area contributed by atoms with E-state index in [1.54, 1.807) is 0 Å². The number of ether oxygens (including phenoxy) is 10. The van der Waals surface area contributed by atoms with Crippen molar-refractivity contribution in [2.24, 2.45) is 53.3 Å². The van der Waals surface area contributed by atoms with Crippen molar-refractivity contribution in [3.05, 3.63) is 60.3 Å². The van der Waals surface area contributed by atoms with Gasteiger partial charge >= 0.3 is 0 Å². The number of methoxy groups -OCH3 is 10. The van der Waals surface area contributed by atoms with E-state index in [-0.39, 0.29) is 114 Å². The van der Waals surface area contributed by atoms with E-state index in [9.17, 15) is 0 Å².